The monoisotopic (exact) mass is 592 g/mol. The van der Waals surface area contributed by atoms with Crippen molar-refractivity contribution in [2.24, 2.45) is 4.99 Å². The van der Waals surface area contributed by atoms with Crippen LogP contribution in [0.3, 0.4) is 0 Å². The van der Waals surface area contributed by atoms with E-state index in [4.69, 9.17) is 19.2 Å². The molecule has 1 aliphatic rings. The Kier molecular flexibility index (Phi) is 8.36. The highest BCUT2D eigenvalue weighted by molar-refractivity contribution is 7.92. The number of benzene rings is 3. The van der Waals surface area contributed by atoms with Gasteiger partial charge in [0.25, 0.3) is 0 Å². The lowest BCUT2D eigenvalue weighted by atomic mass is 10.0. The molecular weight excluding hydrogens is 560 g/mol. The number of H-pyrrole nitrogens is 1. The molecule has 4 aromatic rings. The number of hydrogen-bond donors (Lipinski definition) is 2. The van der Waals surface area contributed by atoms with E-state index in [1.165, 1.54) is 14.2 Å². The fourth-order valence-corrected chi connectivity index (χ4v) is 5.72. The summed E-state index contributed by atoms with van der Waals surface area (Å²) in [5, 5.41) is 11.7. The number of methoxy groups -OCH3 is 2. The van der Waals surface area contributed by atoms with E-state index in [-0.39, 0.29) is 18.3 Å². The first-order valence-corrected chi connectivity index (χ1v) is 15.1. The molecule has 0 spiro atoms. The summed E-state index contributed by atoms with van der Waals surface area (Å²) in [5.41, 5.74) is 3.19. The van der Waals surface area contributed by atoms with Crippen molar-refractivity contribution in [2.75, 3.05) is 57.6 Å². The Morgan fingerprint density at radius 3 is 2.29 bits per heavy atom. The third kappa shape index (κ3) is 6.04. The molecule has 0 bridgehead atoms. The van der Waals surface area contributed by atoms with E-state index >= 15 is 0 Å². The molecule has 0 radical (unpaired) electrons. The van der Waals surface area contributed by atoms with Crippen molar-refractivity contribution in [2.45, 2.75) is 0 Å². The van der Waals surface area contributed by atoms with Crippen molar-refractivity contribution < 1.29 is 32.5 Å². The number of ether oxygens (including phenoxy) is 3. The van der Waals surface area contributed by atoms with Crippen molar-refractivity contribution in [3.63, 3.8) is 0 Å². The topological polar surface area (TPSA) is 134 Å². The molecule has 2 N–H and O–H groups in total. The zero-order valence-electron chi connectivity index (χ0n) is 23.5. The molecule has 0 aliphatic carbocycles. The molecule has 220 valence electrons. The van der Waals surface area contributed by atoms with Gasteiger partial charge in [0.1, 0.15) is 6.54 Å². The van der Waals surface area contributed by atoms with Crippen LogP contribution < -0.4 is 13.8 Å². The summed E-state index contributed by atoms with van der Waals surface area (Å²) < 4.78 is 42.6. The number of aromatic amines is 1. The number of aliphatic imine (C=N–C) groups is 1. The van der Waals surface area contributed by atoms with Gasteiger partial charge in [0.2, 0.25) is 15.9 Å². The van der Waals surface area contributed by atoms with Crippen molar-refractivity contribution >= 4 is 43.9 Å². The van der Waals surface area contributed by atoms with Gasteiger partial charge in [0.15, 0.2) is 17.4 Å². The van der Waals surface area contributed by atoms with Gasteiger partial charge in [-0.2, -0.15) is 0 Å². The Bertz CT molecular complexity index is 1710. The highest BCUT2D eigenvalue weighted by atomic mass is 32.2. The van der Waals surface area contributed by atoms with Gasteiger partial charge in [0.05, 0.1) is 61.9 Å². The van der Waals surface area contributed by atoms with E-state index < -0.39 is 10.0 Å². The lowest BCUT2D eigenvalue weighted by molar-refractivity contribution is -0.133. The third-order valence-electron chi connectivity index (χ3n) is 6.99. The number of amides is 1. The van der Waals surface area contributed by atoms with Gasteiger partial charge < -0.3 is 29.2 Å². The quantitative estimate of drug-likeness (QED) is 0.283. The normalized spacial score (nSPS) is 14.2. The SMILES string of the molecule is COc1cc2[nH]c(O)c(C(=Nc3ccc(N(CC(=O)N4CCOCC4)S(C)(=O)=O)cc3)c3ccccc3)c2cc1OC. The second-order valence-electron chi connectivity index (χ2n) is 9.71. The van der Waals surface area contributed by atoms with Crippen LogP contribution in [0.25, 0.3) is 10.9 Å². The van der Waals surface area contributed by atoms with E-state index in [9.17, 15) is 18.3 Å². The minimum absolute atomic E-state index is 0.0793. The van der Waals surface area contributed by atoms with Gasteiger partial charge in [-0.15, -0.1) is 0 Å². The minimum Gasteiger partial charge on any atom is -0.494 e. The van der Waals surface area contributed by atoms with Gasteiger partial charge >= 0.3 is 0 Å². The number of hydrogen-bond acceptors (Lipinski definition) is 8. The first-order chi connectivity index (χ1) is 20.2. The number of nitrogens with zero attached hydrogens (tertiary/aromatic N) is 3. The molecule has 1 aliphatic heterocycles. The summed E-state index contributed by atoms with van der Waals surface area (Å²) in [4.78, 5) is 22.3. The average Bonchev–Trinajstić information content (AvgIpc) is 3.32. The van der Waals surface area contributed by atoms with Crippen LogP contribution in [0.4, 0.5) is 11.4 Å². The van der Waals surface area contributed by atoms with E-state index in [0.29, 0.717) is 71.4 Å². The summed E-state index contributed by atoms with van der Waals surface area (Å²) in [6.07, 6.45) is 1.07. The lowest BCUT2D eigenvalue weighted by Crippen LogP contribution is -2.47. The fourth-order valence-electron chi connectivity index (χ4n) is 4.87. The molecule has 1 amide bonds. The number of rotatable bonds is 9. The molecule has 1 saturated heterocycles. The zero-order chi connectivity index (χ0) is 29.9. The second-order valence-corrected chi connectivity index (χ2v) is 11.6. The number of aromatic hydroxyl groups is 1. The Hall–Kier alpha value is -4.55. The number of nitrogens with one attached hydrogen (secondary N) is 1. The molecule has 0 unspecified atom stereocenters. The maximum absolute atomic E-state index is 12.9. The number of carbonyl (C=O) groups is 1. The van der Waals surface area contributed by atoms with E-state index in [2.05, 4.69) is 4.98 Å². The van der Waals surface area contributed by atoms with Crippen LogP contribution in [-0.2, 0) is 19.6 Å². The number of anilines is 1. The van der Waals surface area contributed by atoms with Crippen LogP contribution in [0.1, 0.15) is 11.1 Å². The van der Waals surface area contributed by atoms with Crippen LogP contribution in [0.5, 0.6) is 17.4 Å². The third-order valence-corrected chi connectivity index (χ3v) is 8.13. The summed E-state index contributed by atoms with van der Waals surface area (Å²) in [5.74, 6) is 0.632. The predicted molar refractivity (Wildman–Crippen MR) is 161 cm³/mol. The first-order valence-electron chi connectivity index (χ1n) is 13.2. The maximum atomic E-state index is 12.9. The van der Waals surface area contributed by atoms with Crippen molar-refractivity contribution in [1.29, 1.82) is 0 Å². The van der Waals surface area contributed by atoms with Crippen LogP contribution in [0.15, 0.2) is 71.7 Å². The highest BCUT2D eigenvalue weighted by Crippen LogP contribution is 2.38. The van der Waals surface area contributed by atoms with Crippen molar-refractivity contribution in [3.05, 3.63) is 77.9 Å². The maximum Gasteiger partial charge on any atom is 0.243 e. The molecule has 42 heavy (non-hydrogen) atoms. The van der Waals surface area contributed by atoms with E-state index in [1.807, 2.05) is 30.3 Å². The van der Waals surface area contributed by atoms with Gasteiger partial charge in [-0.1, -0.05) is 30.3 Å². The molecule has 3 aromatic carbocycles. The van der Waals surface area contributed by atoms with Gasteiger partial charge in [-0.05, 0) is 30.3 Å². The molecule has 5 rings (SSSR count). The lowest BCUT2D eigenvalue weighted by Gasteiger charge is -2.30. The summed E-state index contributed by atoms with van der Waals surface area (Å²) in [7, 11) is -0.670. The summed E-state index contributed by atoms with van der Waals surface area (Å²) in [6, 6.07) is 19.5. The molecule has 12 heteroatoms. The molecule has 0 atom stereocenters. The number of morpholine rings is 1. The van der Waals surface area contributed by atoms with Crippen LogP contribution >= 0.6 is 0 Å². The first kappa shape index (κ1) is 29.0. The standard InChI is InChI=1S/C30H32N4O7S/c1-39-25-17-23-24(18-26(25)40-2)32-30(36)28(23)29(20-7-5-4-6-8-20)31-21-9-11-22(12-10-21)34(42(3,37)38)19-27(35)33-13-15-41-16-14-33/h4-12,17-18,32,36H,13-16,19H2,1-3H3. The molecular formula is C30H32N4O7S. The molecule has 0 saturated carbocycles. The van der Waals surface area contributed by atoms with E-state index in [0.717, 1.165) is 16.1 Å². The van der Waals surface area contributed by atoms with Crippen molar-refractivity contribution in [3.8, 4) is 17.4 Å². The molecule has 1 fully saturated rings. The molecule has 11 nitrogen and oxygen atoms in total. The number of aromatic nitrogens is 1. The average molecular weight is 593 g/mol. The molecule has 1 aromatic heterocycles. The largest absolute Gasteiger partial charge is 0.494 e. The van der Waals surface area contributed by atoms with Crippen LogP contribution in [-0.4, -0.2) is 88.4 Å². The number of carbonyl (C=O) groups excluding carboxylic acids is 1. The Morgan fingerprint density at radius 2 is 1.67 bits per heavy atom. The number of sulfonamides is 1. The zero-order valence-corrected chi connectivity index (χ0v) is 24.3. The van der Waals surface area contributed by atoms with Crippen LogP contribution in [0, 0.1) is 0 Å². The Morgan fingerprint density at radius 1 is 1.02 bits per heavy atom. The van der Waals surface area contributed by atoms with Gasteiger partial charge in [-0.25, -0.2) is 13.4 Å². The Labute approximate surface area is 244 Å². The summed E-state index contributed by atoms with van der Waals surface area (Å²) in [6.45, 7) is 1.38. The smallest absolute Gasteiger partial charge is 0.243 e. The summed E-state index contributed by atoms with van der Waals surface area (Å²) >= 11 is 0. The minimum atomic E-state index is -3.75. The van der Waals surface area contributed by atoms with Crippen LogP contribution in [0.2, 0.25) is 0 Å². The van der Waals surface area contributed by atoms with Gasteiger partial charge in [-0.3, -0.25) is 9.10 Å². The van der Waals surface area contributed by atoms with Gasteiger partial charge in [0, 0.05) is 30.1 Å². The Balaban J connectivity index is 1.54. The fraction of sp³-hybridized carbons (Fsp3) is 0.267. The van der Waals surface area contributed by atoms with Crippen molar-refractivity contribution in [1.82, 2.24) is 9.88 Å². The van der Waals surface area contributed by atoms with E-state index in [1.54, 1.807) is 41.3 Å². The number of fused-ring (bicyclic) bond motifs is 1. The second kappa shape index (κ2) is 12.1. The highest BCUT2D eigenvalue weighted by Gasteiger charge is 2.26. The molecule has 2 heterocycles. The predicted octanol–water partition coefficient (Wildman–Crippen LogP) is 3.68.